The summed E-state index contributed by atoms with van der Waals surface area (Å²) in [6, 6.07) is 13.6. The van der Waals surface area contributed by atoms with E-state index in [9.17, 15) is 9.59 Å². The van der Waals surface area contributed by atoms with Gasteiger partial charge in [-0.05, 0) is 23.8 Å². The van der Waals surface area contributed by atoms with Gasteiger partial charge in [-0.3, -0.25) is 4.79 Å². The molecule has 0 aliphatic carbocycles. The van der Waals surface area contributed by atoms with Gasteiger partial charge in [-0.15, -0.1) is 0 Å². The first kappa shape index (κ1) is 12.6. The van der Waals surface area contributed by atoms with Crippen LogP contribution in [-0.2, 0) is 0 Å². The average molecular weight is 256 g/mol. The van der Waals surface area contributed by atoms with Crippen LogP contribution in [0.1, 0.15) is 10.4 Å². The van der Waals surface area contributed by atoms with E-state index < -0.39 is 12.0 Å². The maximum atomic E-state index is 11.0. The van der Waals surface area contributed by atoms with Crippen LogP contribution in [0.25, 0.3) is 11.1 Å². The van der Waals surface area contributed by atoms with E-state index in [4.69, 9.17) is 16.2 Å². The SMILES string of the molecule is NC(=O)Oc1ccccc1-c1ccc(C(N)=O)cc1. The van der Waals surface area contributed by atoms with E-state index >= 15 is 0 Å². The van der Waals surface area contributed by atoms with Crippen LogP contribution in [0.2, 0.25) is 0 Å². The van der Waals surface area contributed by atoms with Crippen molar-refractivity contribution in [3.05, 3.63) is 54.1 Å². The highest BCUT2D eigenvalue weighted by atomic mass is 16.5. The molecule has 19 heavy (non-hydrogen) atoms. The van der Waals surface area contributed by atoms with Gasteiger partial charge in [0.05, 0.1) is 0 Å². The van der Waals surface area contributed by atoms with Crippen LogP contribution in [0, 0.1) is 0 Å². The van der Waals surface area contributed by atoms with Crippen molar-refractivity contribution in [1.29, 1.82) is 0 Å². The van der Waals surface area contributed by atoms with Crippen molar-refractivity contribution in [1.82, 2.24) is 0 Å². The molecule has 0 bridgehead atoms. The van der Waals surface area contributed by atoms with E-state index in [-0.39, 0.29) is 0 Å². The third kappa shape index (κ3) is 2.90. The number of amides is 2. The van der Waals surface area contributed by atoms with Crippen molar-refractivity contribution < 1.29 is 14.3 Å². The molecule has 5 nitrogen and oxygen atoms in total. The van der Waals surface area contributed by atoms with Crippen molar-refractivity contribution in [2.45, 2.75) is 0 Å². The lowest BCUT2D eigenvalue weighted by Gasteiger charge is -2.08. The number of hydrogen-bond donors (Lipinski definition) is 2. The quantitative estimate of drug-likeness (QED) is 0.877. The molecule has 96 valence electrons. The maximum Gasteiger partial charge on any atom is 0.409 e. The summed E-state index contributed by atoms with van der Waals surface area (Å²) in [5.74, 6) is -0.130. The second-order valence-electron chi connectivity index (χ2n) is 3.86. The lowest BCUT2D eigenvalue weighted by molar-refractivity contribution is 0.100. The fourth-order valence-electron chi connectivity index (χ4n) is 1.72. The summed E-state index contributed by atoms with van der Waals surface area (Å²) in [6.45, 7) is 0. The van der Waals surface area contributed by atoms with Gasteiger partial charge in [0.25, 0.3) is 0 Å². The fraction of sp³-hybridized carbons (Fsp3) is 0. The fourth-order valence-corrected chi connectivity index (χ4v) is 1.72. The molecule has 4 N–H and O–H groups in total. The summed E-state index contributed by atoms with van der Waals surface area (Å²) in [4.78, 5) is 21.8. The van der Waals surface area contributed by atoms with Crippen molar-refractivity contribution in [3.63, 3.8) is 0 Å². The van der Waals surface area contributed by atoms with E-state index in [2.05, 4.69) is 0 Å². The van der Waals surface area contributed by atoms with Crippen LogP contribution < -0.4 is 16.2 Å². The molecule has 2 aromatic carbocycles. The Balaban J connectivity index is 2.41. The molecule has 2 aromatic rings. The molecule has 0 spiro atoms. The number of benzene rings is 2. The summed E-state index contributed by atoms with van der Waals surface area (Å²) < 4.78 is 4.92. The van der Waals surface area contributed by atoms with Crippen molar-refractivity contribution in [2.75, 3.05) is 0 Å². The molecule has 2 amide bonds. The maximum absolute atomic E-state index is 11.0. The first-order chi connectivity index (χ1) is 9.08. The van der Waals surface area contributed by atoms with Crippen LogP contribution in [0.5, 0.6) is 5.75 Å². The van der Waals surface area contributed by atoms with Crippen molar-refractivity contribution in [2.24, 2.45) is 11.5 Å². The van der Waals surface area contributed by atoms with Gasteiger partial charge in [-0.2, -0.15) is 0 Å². The number of hydrogen-bond acceptors (Lipinski definition) is 3. The highest BCUT2D eigenvalue weighted by molar-refractivity contribution is 5.93. The van der Waals surface area contributed by atoms with E-state index in [1.807, 2.05) is 6.07 Å². The van der Waals surface area contributed by atoms with Gasteiger partial charge in [0.2, 0.25) is 5.91 Å². The molecule has 0 aromatic heterocycles. The Morgan fingerprint density at radius 2 is 1.53 bits per heavy atom. The van der Waals surface area contributed by atoms with Crippen LogP contribution in [0.4, 0.5) is 4.79 Å². The lowest BCUT2D eigenvalue weighted by Crippen LogP contribution is -2.16. The van der Waals surface area contributed by atoms with Gasteiger partial charge in [-0.25, -0.2) is 4.79 Å². The second-order valence-corrected chi connectivity index (χ2v) is 3.86. The number of rotatable bonds is 3. The Morgan fingerprint density at radius 3 is 2.11 bits per heavy atom. The Bertz CT molecular complexity index is 621. The minimum atomic E-state index is -0.874. The highest BCUT2D eigenvalue weighted by Gasteiger charge is 2.08. The molecule has 0 fully saturated rings. The van der Waals surface area contributed by atoms with Crippen LogP contribution in [-0.4, -0.2) is 12.0 Å². The van der Waals surface area contributed by atoms with Crippen molar-refractivity contribution in [3.8, 4) is 16.9 Å². The van der Waals surface area contributed by atoms with Gasteiger partial charge < -0.3 is 16.2 Å². The zero-order chi connectivity index (χ0) is 13.8. The Kier molecular flexibility index (Phi) is 3.47. The van der Waals surface area contributed by atoms with Gasteiger partial charge in [-0.1, -0.05) is 30.3 Å². The molecule has 0 unspecified atom stereocenters. The molecule has 0 aliphatic heterocycles. The first-order valence-corrected chi connectivity index (χ1v) is 5.54. The van der Waals surface area contributed by atoms with Gasteiger partial charge in [0.1, 0.15) is 5.75 Å². The molecule has 0 atom stereocenters. The van der Waals surface area contributed by atoms with E-state index in [1.54, 1.807) is 42.5 Å². The number of para-hydroxylation sites is 1. The molecule has 5 heteroatoms. The zero-order valence-corrected chi connectivity index (χ0v) is 10.00. The first-order valence-electron chi connectivity index (χ1n) is 5.54. The number of carbonyl (C=O) groups excluding carboxylic acids is 2. The molecule has 0 saturated carbocycles. The summed E-state index contributed by atoms with van der Waals surface area (Å²) in [5, 5.41) is 0. The smallest absolute Gasteiger partial charge is 0.409 e. The number of primary amides is 2. The molecule has 0 heterocycles. The predicted molar refractivity (Wildman–Crippen MR) is 70.6 cm³/mol. The Labute approximate surface area is 109 Å². The molecule has 0 aliphatic rings. The topological polar surface area (TPSA) is 95.4 Å². The van der Waals surface area contributed by atoms with E-state index in [0.29, 0.717) is 16.9 Å². The van der Waals surface area contributed by atoms with Gasteiger partial charge >= 0.3 is 6.09 Å². The Morgan fingerprint density at radius 1 is 0.895 bits per heavy atom. The minimum Gasteiger partial charge on any atom is -0.410 e. The summed E-state index contributed by atoms with van der Waals surface area (Å²) >= 11 is 0. The van der Waals surface area contributed by atoms with Crippen LogP contribution in [0.15, 0.2) is 48.5 Å². The number of nitrogens with two attached hydrogens (primary N) is 2. The monoisotopic (exact) mass is 256 g/mol. The largest absolute Gasteiger partial charge is 0.410 e. The van der Waals surface area contributed by atoms with Crippen LogP contribution >= 0.6 is 0 Å². The molecule has 0 radical (unpaired) electrons. The zero-order valence-electron chi connectivity index (χ0n) is 10.00. The van der Waals surface area contributed by atoms with Crippen LogP contribution in [0.3, 0.4) is 0 Å². The number of ether oxygens (including phenoxy) is 1. The third-order valence-electron chi connectivity index (χ3n) is 2.58. The summed E-state index contributed by atoms with van der Waals surface area (Å²) in [7, 11) is 0. The molecular formula is C14H12N2O3. The highest BCUT2D eigenvalue weighted by Crippen LogP contribution is 2.29. The average Bonchev–Trinajstić information content (AvgIpc) is 2.39. The predicted octanol–water partition coefficient (Wildman–Crippen LogP) is 1.91. The third-order valence-corrected chi connectivity index (χ3v) is 2.58. The standard InChI is InChI=1S/C14H12N2O3/c15-13(17)10-7-5-9(6-8-10)11-3-1-2-4-12(11)19-14(16)18/h1-8H,(H2,15,17)(H2,16,18). The summed E-state index contributed by atoms with van der Waals surface area (Å²) in [6.07, 6.45) is -0.874. The van der Waals surface area contributed by atoms with E-state index in [1.165, 1.54) is 0 Å². The molecular weight excluding hydrogens is 244 g/mol. The van der Waals surface area contributed by atoms with Crippen molar-refractivity contribution >= 4 is 12.0 Å². The summed E-state index contributed by atoms with van der Waals surface area (Å²) in [5.41, 5.74) is 12.1. The van der Waals surface area contributed by atoms with Gasteiger partial charge in [0, 0.05) is 11.1 Å². The normalized spacial score (nSPS) is 9.89. The number of carbonyl (C=O) groups is 2. The minimum absolute atomic E-state index is 0.363. The Hall–Kier alpha value is -2.82. The second kappa shape index (κ2) is 5.22. The van der Waals surface area contributed by atoms with E-state index in [0.717, 1.165) is 5.56 Å². The molecule has 2 rings (SSSR count). The van der Waals surface area contributed by atoms with Gasteiger partial charge in [0.15, 0.2) is 0 Å². The lowest BCUT2D eigenvalue weighted by atomic mass is 10.0. The molecule has 0 saturated heterocycles.